The molecule has 0 bridgehead atoms. The lowest BCUT2D eigenvalue weighted by molar-refractivity contribution is -0.188. The van der Waals surface area contributed by atoms with E-state index in [0.29, 0.717) is 18.8 Å². The number of halogens is 1. The summed E-state index contributed by atoms with van der Waals surface area (Å²) >= 11 is 0. The second-order valence-corrected chi connectivity index (χ2v) is 8.65. The van der Waals surface area contributed by atoms with Gasteiger partial charge in [-0.2, -0.15) is 5.10 Å². The fourth-order valence-electron chi connectivity index (χ4n) is 4.90. The number of aromatic nitrogens is 2. The summed E-state index contributed by atoms with van der Waals surface area (Å²) in [6, 6.07) is 5.74. The minimum atomic E-state index is -0.626. The van der Waals surface area contributed by atoms with E-state index in [1.165, 1.54) is 12.1 Å². The molecule has 2 amide bonds. The normalized spacial score (nSPS) is 19.7. The lowest BCUT2D eigenvalue weighted by Crippen LogP contribution is -2.77. The molecular formula is C24H31FN4O3. The van der Waals surface area contributed by atoms with Gasteiger partial charge in [-0.3, -0.25) is 14.3 Å². The highest BCUT2D eigenvalue weighted by molar-refractivity contribution is 5.94. The van der Waals surface area contributed by atoms with Gasteiger partial charge in [-0.25, -0.2) is 4.39 Å². The van der Waals surface area contributed by atoms with Gasteiger partial charge in [0.15, 0.2) is 6.10 Å². The Morgan fingerprint density at radius 1 is 1.22 bits per heavy atom. The van der Waals surface area contributed by atoms with Crippen LogP contribution in [0.15, 0.2) is 36.7 Å². The van der Waals surface area contributed by atoms with E-state index in [2.05, 4.69) is 5.10 Å². The number of likely N-dealkylation sites (tertiary alicyclic amines) is 1. The summed E-state index contributed by atoms with van der Waals surface area (Å²) in [7, 11) is 0. The van der Waals surface area contributed by atoms with Crippen LogP contribution in [0, 0.1) is 5.82 Å². The lowest BCUT2D eigenvalue weighted by Gasteiger charge is -2.58. The first-order valence-electron chi connectivity index (χ1n) is 11.5. The van der Waals surface area contributed by atoms with Crippen LogP contribution in [0.3, 0.4) is 0 Å². The summed E-state index contributed by atoms with van der Waals surface area (Å²) in [5.74, 6) is -0.112. The molecule has 8 heteroatoms. The highest BCUT2D eigenvalue weighted by Crippen LogP contribution is 2.45. The number of hydrogen-bond donors (Lipinski definition) is 0. The maximum Gasteiger partial charge on any atom is 0.267 e. The number of amides is 2. The molecule has 1 spiro atoms. The topological polar surface area (TPSA) is 67.7 Å². The number of hydrogen-bond acceptors (Lipinski definition) is 4. The van der Waals surface area contributed by atoms with Crippen LogP contribution < -0.4 is 4.74 Å². The number of benzene rings is 1. The van der Waals surface area contributed by atoms with Crippen molar-refractivity contribution in [1.29, 1.82) is 0 Å². The summed E-state index contributed by atoms with van der Waals surface area (Å²) in [5, 5.41) is 4.28. The van der Waals surface area contributed by atoms with E-state index in [0.717, 1.165) is 44.2 Å². The Balaban J connectivity index is 1.47. The monoisotopic (exact) mass is 442 g/mol. The highest BCUT2D eigenvalue weighted by atomic mass is 19.1. The standard InChI is InChI=1S/C24H31FN4O3/c1-3-27(15-18-14-26-28(4-2)16-18)21(30)17-29-23(31)22(24(29)12-6-5-7-13-24)32-20-10-8-19(25)9-11-20/h8-11,14,16,22H,3-7,12-13,15,17H2,1-2H3. The molecule has 2 heterocycles. The summed E-state index contributed by atoms with van der Waals surface area (Å²) in [6.07, 6.45) is 7.83. The predicted octanol–water partition coefficient (Wildman–Crippen LogP) is 3.38. The minimum Gasteiger partial charge on any atom is -0.478 e. The third-order valence-electron chi connectivity index (χ3n) is 6.71. The Morgan fingerprint density at radius 2 is 1.94 bits per heavy atom. The molecule has 4 rings (SSSR count). The first kappa shape index (κ1) is 22.3. The lowest BCUT2D eigenvalue weighted by atomic mass is 9.70. The van der Waals surface area contributed by atoms with Gasteiger partial charge in [0, 0.05) is 31.4 Å². The largest absolute Gasteiger partial charge is 0.478 e. The third kappa shape index (κ3) is 4.23. The zero-order valence-corrected chi connectivity index (χ0v) is 18.8. The maximum atomic E-state index is 13.3. The molecule has 7 nitrogen and oxygen atoms in total. The van der Waals surface area contributed by atoms with Crippen LogP contribution in [0.5, 0.6) is 5.75 Å². The Labute approximate surface area is 188 Å². The van der Waals surface area contributed by atoms with Crippen molar-refractivity contribution in [3.8, 4) is 5.75 Å². The van der Waals surface area contributed by atoms with Crippen LogP contribution in [0.25, 0.3) is 0 Å². The van der Waals surface area contributed by atoms with Gasteiger partial charge < -0.3 is 14.5 Å². The van der Waals surface area contributed by atoms with E-state index >= 15 is 0 Å². The van der Waals surface area contributed by atoms with Crippen LogP contribution in [-0.4, -0.2) is 56.1 Å². The number of carbonyl (C=O) groups excluding carboxylic acids is 2. The van der Waals surface area contributed by atoms with Crippen LogP contribution in [0.4, 0.5) is 4.39 Å². The van der Waals surface area contributed by atoms with Crippen molar-refractivity contribution >= 4 is 11.8 Å². The Bertz CT molecular complexity index is 952. The van der Waals surface area contributed by atoms with Crippen LogP contribution in [-0.2, 0) is 22.7 Å². The number of nitrogens with zero attached hydrogens (tertiary/aromatic N) is 4. The summed E-state index contributed by atoms with van der Waals surface area (Å²) in [4.78, 5) is 29.7. The zero-order valence-electron chi connectivity index (χ0n) is 18.8. The quantitative estimate of drug-likeness (QED) is 0.588. The number of carbonyl (C=O) groups is 2. The summed E-state index contributed by atoms with van der Waals surface area (Å²) in [5.41, 5.74) is 0.508. The second-order valence-electron chi connectivity index (χ2n) is 8.65. The number of rotatable bonds is 8. The van der Waals surface area contributed by atoms with E-state index < -0.39 is 11.6 Å². The molecule has 172 valence electrons. The molecule has 1 aromatic carbocycles. The maximum absolute atomic E-state index is 13.3. The van der Waals surface area contributed by atoms with Gasteiger partial charge >= 0.3 is 0 Å². The van der Waals surface area contributed by atoms with Crippen LogP contribution in [0.1, 0.15) is 51.5 Å². The van der Waals surface area contributed by atoms with Gasteiger partial charge in [0.1, 0.15) is 18.1 Å². The van der Waals surface area contributed by atoms with Crippen molar-refractivity contribution in [2.75, 3.05) is 13.1 Å². The predicted molar refractivity (Wildman–Crippen MR) is 117 cm³/mol. The molecule has 1 saturated carbocycles. The van der Waals surface area contributed by atoms with Crippen molar-refractivity contribution < 1.29 is 18.7 Å². The number of aryl methyl sites for hydroxylation is 1. The molecule has 1 atom stereocenters. The van der Waals surface area contributed by atoms with E-state index in [4.69, 9.17) is 4.74 Å². The molecule has 2 fully saturated rings. The second kappa shape index (κ2) is 9.30. The van der Waals surface area contributed by atoms with Gasteiger partial charge in [0.05, 0.1) is 11.7 Å². The molecule has 1 aromatic heterocycles. The molecule has 2 aromatic rings. The van der Waals surface area contributed by atoms with E-state index in [1.54, 1.807) is 28.1 Å². The Morgan fingerprint density at radius 3 is 2.56 bits per heavy atom. The molecule has 0 N–H and O–H groups in total. The smallest absolute Gasteiger partial charge is 0.267 e. The van der Waals surface area contributed by atoms with Crippen molar-refractivity contribution in [2.24, 2.45) is 0 Å². The van der Waals surface area contributed by atoms with Crippen molar-refractivity contribution in [2.45, 2.75) is 70.7 Å². The Kier molecular flexibility index (Phi) is 6.48. The van der Waals surface area contributed by atoms with Gasteiger partial charge in [-0.05, 0) is 51.0 Å². The fourth-order valence-corrected chi connectivity index (χ4v) is 4.90. The number of ether oxygens (including phenoxy) is 1. The molecular weight excluding hydrogens is 411 g/mol. The van der Waals surface area contributed by atoms with Crippen molar-refractivity contribution in [3.63, 3.8) is 0 Å². The SMILES string of the molecule is CCN(Cc1cnn(CC)c1)C(=O)CN1C(=O)C(Oc2ccc(F)cc2)C12CCCCC2. The molecule has 0 radical (unpaired) electrons. The van der Waals surface area contributed by atoms with Gasteiger partial charge in [0.2, 0.25) is 5.91 Å². The van der Waals surface area contributed by atoms with Crippen LogP contribution in [0.2, 0.25) is 0 Å². The summed E-state index contributed by atoms with van der Waals surface area (Å²) < 4.78 is 21.1. The molecule has 1 aliphatic carbocycles. The summed E-state index contributed by atoms with van der Waals surface area (Å²) in [6.45, 7) is 5.82. The third-order valence-corrected chi connectivity index (χ3v) is 6.71. The first-order valence-corrected chi connectivity index (χ1v) is 11.5. The number of β-lactam (4-membered cyclic amide) rings is 1. The molecule has 1 saturated heterocycles. The minimum absolute atomic E-state index is 0.0534. The molecule has 2 aliphatic rings. The molecule has 1 aliphatic heterocycles. The van der Waals surface area contributed by atoms with E-state index in [-0.39, 0.29) is 24.2 Å². The molecule has 1 unspecified atom stereocenters. The fraction of sp³-hybridized carbons (Fsp3) is 0.542. The van der Waals surface area contributed by atoms with E-state index in [9.17, 15) is 14.0 Å². The zero-order chi connectivity index (χ0) is 22.7. The average molecular weight is 443 g/mol. The Hall–Kier alpha value is -2.90. The average Bonchev–Trinajstić information content (AvgIpc) is 3.28. The van der Waals surface area contributed by atoms with Crippen molar-refractivity contribution in [1.82, 2.24) is 19.6 Å². The first-order chi connectivity index (χ1) is 15.5. The van der Waals surface area contributed by atoms with Gasteiger partial charge in [-0.15, -0.1) is 0 Å². The molecule has 32 heavy (non-hydrogen) atoms. The van der Waals surface area contributed by atoms with E-state index in [1.807, 2.05) is 24.7 Å². The van der Waals surface area contributed by atoms with Crippen molar-refractivity contribution in [3.05, 3.63) is 48.0 Å². The van der Waals surface area contributed by atoms with Crippen LogP contribution >= 0.6 is 0 Å². The van der Waals surface area contributed by atoms with Gasteiger partial charge in [-0.1, -0.05) is 19.3 Å². The number of likely N-dealkylation sites (N-methyl/N-ethyl adjacent to an activating group) is 1. The highest BCUT2D eigenvalue weighted by Gasteiger charge is 2.62. The van der Waals surface area contributed by atoms with Gasteiger partial charge in [0.25, 0.3) is 5.91 Å².